The fourth-order valence-electron chi connectivity index (χ4n) is 1.27. The van der Waals surface area contributed by atoms with E-state index < -0.39 is 16.2 Å². The van der Waals surface area contributed by atoms with Gasteiger partial charge in [0.2, 0.25) is 0 Å². The molecule has 2 N–H and O–H groups in total. The molecule has 0 unspecified atom stereocenters. The minimum Gasteiger partial charge on any atom is -0.481 e. The number of rotatable bonds is 12. The van der Waals surface area contributed by atoms with Crippen molar-refractivity contribution >= 4 is 16.2 Å². The second kappa shape index (κ2) is 10.1. The number of carbonyl (C=O) groups is 1. The lowest BCUT2D eigenvalue weighted by molar-refractivity contribution is -0.137. The van der Waals surface area contributed by atoms with Gasteiger partial charge in [-0.2, -0.15) is 12.7 Å². The van der Waals surface area contributed by atoms with Crippen LogP contribution in [0.2, 0.25) is 0 Å². The van der Waals surface area contributed by atoms with Crippen LogP contribution >= 0.6 is 0 Å². The van der Waals surface area contributed by atoms with Gasteiger partial charge in [-0.15, -0.1) is 0 Å². The molecule has 0 spiro atoms. The molecule has 0 aromatic carbocycles. The minimum atomic E-state index is -3.63. The van der Waals surface area contributed by atoms with E-state index in [1.807, 2.05) is 0 Å². The normalized spacial score (nSPS) is 11.9. The van der Waals surface area contributed by atoms with Crippen molar-refractivity contribution in [3.05, 3.63) is 0 Å². The SMILES string of the molecule is COCCN(CCOC)S(=O)(=O)NCCCC(=O)O. The van der Waals surface area contributed by atoms with Gasteiger partial charge in [0.25, 0.3) is 10.2 Å². The van der Waals surface area contributed by atoms with Crippen molar-refractivity contribution < 1.29 is 27.8 Å². The third-order valence-corrected chi connectivity index (χ3v) is 3.90. The fraction of sp³-hybridized carbons (Fsp3) is 0.900. The highest BCUT2D eigenvalue weighted by Crippen LogP contribution is 1.99. The van der Waals surface area contributed by atoms with Crippen LogP contribution in [-0.4, -0.2) is 70.9 Å². The second-order valence-corrected chi connectivity index (χ2v) is 5.54. The van der Waals surface area contributed by atoms with Crippen LogP contribution in [0.3, 0.4) is 0 Å². The van der Waals surface area contributed by atoms with Crippen molar-refractivity contribution in [1.82, 2.24) is 9.03 Å². The average molecular weight is 298 g/mol. The smallest absolute Gasteiger partial charge is 0.303 e. The molecular weight excluding hydrogens is 276 g/mol. The van der Waals surface area contributed by atoms with Gasteiger partial charge in [-0.1, -0.05) is 0 Å². The lowest BCUT2D eigenvalue weighted by Gasteiger charge is -2.21. The summed E-state index contributed by atoms with van der Waals surface area (Å²) < 4.78 is 37.2. The van der Waals surface area contributed by atoms with Crippen LogP contribution < -0.4 is 4.72 Å². The summed E-state index contributed by atoms with van der Waals surface area (Å²) in [6.07, 6.45) is 0.176. The number of methoxy groups -OCH3 is 2. The van der Waals surface area contributed by atoms with Crippen molar-refractivity contribution in [2.24, 2.45) is 0 Å². The van der Waals surface area contributed by atoms with Crippen molar-refractivity contribution in [3.63, 3.8) is 0 Å². The van der Waals surface area contributed by atoms with E-state index >= 15 is 0 Å². The van der Waals surface area contributed by atoms with Crippen molar-refractivity contribution in [2.45, 2.75) is 12.8 Å². The molecule has 0 bridgehead atoms. The van der Waals surface area contributed by atoms with Crippen LogP contribution in [0.15, 0.2) is 0 Å². The molecule has 0 aliphatic rings. The molecule has 0 atom stereocenters. The van der Waals surface area contributed by atoms with Gasteiger partial charge in [0.1, 0.15) is 0 Å². The predicted molar refractivity (Wildman–Crippen MR) is 69.1 cm³/mol. The topological polar surface area (TPSA) is 105 Å². The van der Waals surface area contributed by atoms with Gasteiger partial charge in [-0.3, -0.25) is 4.79 Å². The molecule has 9 heteroatoms. The molecule has 0 amide bonds. The average Bonchev–Trinajstić information content (AvgIpc) is 2.34. The maximum absolute atomic E-state index is 11.9. The Morgan fingerprint density at radius 2 is 1.74 bits per heavy atom. The number of carboxylic acids is 1. The third kappa shape index (κ3) is 8.89. The maximum atomic E-state index is 11.9. The number of hydrogen-bond acceptors (Lipinski definition) is 5. The molecule has 8 nitrogen and oxygen atoms in total. The van der Waals surface area contributed by atoms with E-state index in [2.05, 4.69) is 4.72 Å². The molecule has 0 aliphatic carbocycles. The zero-order valence-corrected chi connectivity index (χ0v) is 12.1. The van der Waals surface area contributed by atoms with Crippen LogP contribution in [0.1, 0.15) is 12.8 Å². The molecule has 0 aliphatic heterocycles. The summed E-state index contributed by atoms with van der Waals surface area (Å²) in [6, 6.07) is 0. The lowest BCUT2D eigenvalue weighted by Crippen LogP contribution is -2.44. The number of carboxylic acid groups (broad SMARTS) is 1. The Morgan fingerprint density at radius 3 is 2.16 bits per heavy atom. The summed E-state index contributed by atoms with van der Waals surface area (Å²) in [5, 5.41) is 8.46. The quantitative estimate of drug-likeness (QED) is 0.461. The second-order valence-electron chi connectivity index (χ2n) is 3.78. The first-order valence-corrected chi connectivity index (χ1v) is 7.32. The Balaban J connectivity index is 4.29. The number of ether oxygens (including phenoxy) is 2. The Bertz CT molecular complexity index is 338. The van der Waals surface area contributed by atoms with E-state index in [9.17, 15) is 13.2 Å². The zero-order valence-electron chi connectivity index (χ0n) is 11.3. The molecule has 0 rings (SSSR count). The molecule has 0 aromatic heterocycles. The number of nitrogens with zero attached hydrogens (tertiary/aromatic N) is 1. The predicted octanol–water partition coefficient (Wildman–Crippen LogP) is -0.720. The van der Waals surface area contributed by atoms with E-state index in [4.69, 9.17) is 14.6 Å². The Kier molecular flexibility index (Phi) is 9.70. The summed E-state index contributed by atoms with van der Waals surface area (Å²) in [4.78, 5) is 10.3. The molecule has 0 radical (unpaired) electrons. The van der Waals surface area contributed by atoms with E-state index in [1.54, 1.807) is 0 Å². The first kappa shape index (κ1) is 18.3. The van der Waals surface area contributed by atoms with Gasteiger partial charge in [-0.05, 0) is 6.42 Å². The first-order valence-electron chi connectivity index (χ1n) is 5.88. The van der Waals surface area contributed by atoms with Gasteiger partial charge >= 0.3 is 5.97 Å². The highest BCUT2D eigenvalue weighted by atomic mass is 32.2. The summed E-state index contributed by atoms with van der Waals surface area (Å²) >= 11 is 0. The van der Waals surface area contributed by atoms with Gasteiger partial charge in [0.05, 0.1) is 13.2 Å². The summed E-state index contributed by atoms with van der Waals surface area (Å²) in [6.45, 7) is 1.08. The van der Waals surface area contributed by atoms with E-state index in [-0.39, 0.29) is 45.7 Å². The van der Waals surface area contributed by atoms with Gasteiger partial charge in [0.15, 0.2) is 0 Å². The van der Waals surface area contributed by atoms with E-state index in [0.717, 1.165) is 0 Å². The molecular formula is C10H22N2O6S. The van der Waals surface area contributed by atoms with Crippen molar-refractivity contribution in [1.29, 1.82) is 0 Å². The summed E-state index contributed by atoms with van der Waals surface area (Å²) in [5.41, 5.74) is 0. The summed E-state index contributed by atoms with van der Waals surface area (Å²) in [5.74, 6) is -0.949. The monoisotopic (exact) mass is 298 g/mol. The van der Waals surface area contributed by atoms with Crippen LogP contribution in [0.25, 0.3) is 0 Å². The van der Waals surface area contributed by atoms with Crippen LogP contribution in [0, 0.1) is 0 Å². The largest absolute Gasteiger partial charge is 0.481 e. The molecule has 19 heavy (non-hydrogen) atoms. The van der Waals surface area contributed by atoms with Gasteiger partial charge < -0.3 is 14.6 Å². The van der Waals surface area contributed by atoms with Crippen molar-refractivity contribution in [2.75, 3.05) is 47.1 Å². The van der Waals surface area contributed by atoms with E-state index in [0.29, 0.717) is 0 Å². The van der Waals surface area contributed by atoms with E-state index in [1.165, 1.54) is 18.5 Å². The molecule has 0 saturated heterocycles. The van der Waals surface area contributed by atoms with Crippen LogP contribution in [0.5, 0.6) is 0 Å². The highest BCUT2D eigenvalue weighted by Gasteiger charge is 2.20. The van der Waals surface area contributed by atoms with Crippen molar-refractivity contribution in [3.8, 4) is 0 Å². The molecule has 0 saturated carbocycles. The van der Waals surface area contributed by atoms with Gasteiger partial charge in [0, 0.05) is 40.3 Å². The summed E-state index contributed by atoms with van der Waals surface area (Å²) in [7, 11) is -0.659. The Morgan fingerprint density at radius 1 is 1.21 bits per heavy atom. The van der Waals surface area contributed by atoms with Crippen LogP contribution in [-0.2, 0) is 24.5 Å². The van der Waals surface area contributed by atoms with Crippen LogP contribution in [0.4, 0.5) is 0 Å². The zero-order chi connectivity index (χ0) is 14.7. The lowest BCUT2D eigenvalue weighted by atomic mass is 10.3. The Labute approximate surface area is 113 Å². The number of aliphatic carboxylic acids is 1. The minimum absolute atomic E-state index is 0.0708. The maximum Gasteiger partial charge on any atom is 0.303 e. The first-order chi connectivity index (χ1) is 8.94. The molecule has 0 aromatic rings. The third-order valence-electron chi connectivity index (χ3n) is 2.28. The highest BCUT2D eigenvalue weighted by molar-refractivity contribution is 7.87. The standard InChI is InChI=1S/C10H22N2O6S/c1-17-8-6-12(7-9-18-2)19(15,16)11-5-3-4-10(13)14/h11H,3-9H2,1-2H3,(H,13,14). The fourth-order valence-corrected chi connectivity index (χ4v) is 2.49. The molecule has 114 valence electrons. The Hall–Kier alpha value is -0.740. The molecule has 0 fully saturated rings. The van der Waals surface area contributed by atoms with Gasteiger partial charge in [-0.25, -0.2) is 4.72 Å². The number of nitrogens with one attached hydrogen (secondary N) is 1. The molecule has 0 heterocycles. The number of hydrogen-bond donors (Lipinski definition) is 2.